The topological polar surface area (TPSA) is 57.4 Å². The minimum absolute atomic E-state index is 0.567. The number of nitrogens with zero attached hydrogens (tertiary/aromatic N) is 4. The first kappa shape index (κ1) is 27.5. The summed E-state index contributed by atoms with van der Waals surface area (Å²) in [6.07, 6.45) is 6.41. The highest BCUT2D eigenvalue weighted by molar-refractivity contribution is 6.10. The molecule has 0 saturated carbocycles. The van der Waals surface area contributed by atoms with E-state index in [1.165, 1.54) is 16.6 Å². The Balaban J connectivity index is 1.45. The summed E-state index contributed by atoms with van der Waals surface area (Å²) in [5.41, 5.74) is 12.5. The number of allylic oxidation sites excluding steroid dienone is 1. The summed E-state index contributed by atoms with van der Waals surface area (Å²) in [7, 11) is 0. The highest BCUT2D eigenvalue weighted by Gasteiger charge is 2.26. The monoisotopic (exact) mass is 610 g/mol. The van der Waals surface area contributed by atoms with Crippen molar-refractivity contribution in [2.24, 2.45) is 0 Å². The fraction of sp³-hybridized carbons (Fsp3) is 0.0455. The molecule has 9 rings (SSSR count). The van der Waals surface area contributed by atoms with Crippen LogP contribution in [-0.4, -0.2) is 9.13 Å². The molecule has 48 heavy (non-hydrogen) atoms. The third-order valence-corrected chi connectivity index (χ3v) is 9.52. The molecule has 0 radical (unpaired) electrons. The summed E-state index contributed by atoms with van der Waals surface area (Å²) in [5.74, 6) is 0. The summed E-state index contributed by atoms with van der Waals surface area (Å²) >= 11 is 0. The van der Waals surface area contributed by atoms with Gasteiger partial charge in [0.15, 0.2) is 0 Å². The molecule has 8 aromatic rings. The lowest BCUT2D eigenvalue weighted by atomic mass is 9.93. The molecule has 0 N–H and O–H groups in total. The average Bonchev–Trinajstić information content (AvgIpc) is 3.67. The summed E-state index contributed by atoms with van der Waals surface area (Å²) in [4.78, 5) is 0. The zero-order valence-electron chi connectivity index (χ0n) is 25.9. The molecule has 0 atom stereocenters. The summed E-state index contributed by atoms with van der Waals surface area (Å²) in [6.45, 7) is 0. The van der Waals surface area contributed by atoms with Gasteiger partial charge >= 0.3 is 0 Å². The van der Waals surface area contributed by atoms with Crippen molar-refractivity contribution in [2.45, 2.75) is 12.8 Å². The number of aromatic nitrogens is 2. The molecule has 1 aliphatic carbocycles. The predicted octanol–water partition coefficient (Wildman–Crippen LogP) is 10.4. The number of fused-ring (bicyclic) bond motifs is 6. The zero-order valence-corrected chi connectivity index (χ0v) is 25.9. The molecule has 0 fully saturated rings. The maximum atomic E-state index is 10.7. The van der Waals surface area contributed by atoms with Gasteiger partial charge in [-0.2, -0.15) is 10.5 Å². The Bertz CT molecular complexity index is 2690. The predicted molar refractivity (Wildman–Crippen MR) is 193 cm³/mol. The SMILES string of the molecule is N#Cc1ccc2c(c1)c1ccccc1n2-c1c(C#N)cccc1-c1cccc(-c2c#cccc2)c1-n1c2c(c3ccccc31)C=CCC2. The Kier molecular flexibility index (Phi) is 6.26. The molecule has 2 heterocycles. The van der Waals surface area contributed by atoms with E-state index in [9.17, 15) is 10.5 Å². The van der Waals surface area contributed by atoms with E-state index in [-0.39, 0.29) is 0 Å². The number of para-hydroxylation sites is 4. The summed E-state index contributed by atoms with van der Waals surface area (Å²) in [6, 6.07) is 52.4. The Labute approximate surface area is 278 Å². The Morgan fingerprint density at radius 3 is 2.12 bits per heavy atom. The van der Waals surface area contributed by atoms with Crippen LogP contribution in [-0.2, 0) is 6.42 Å². The number of hydrogen-bond acceptors (Lipinski definition) is 2. The summed E-state index contributed by atoms with van der Waals surface area (Å²) < 4.78 is 4.64. The zero-order chi connectivity index (χ0) is 32.2. The van der Waals surface area contributed by atoms with Crippen molar-refractivity contribution < 1.29 is 0 Å². The van der Waals surface area contributed by atoms with Crippen LogP contribution in [0.3, 0.4) is 0 Å². The smallest absolute Gasteiger partial charge is 0.101 e. The van der Waals surface area contributed by atoms with Crippen molar-refractivity contribution in [1.82, 2.24) is 9.13 Å². The van der Waals surface area contributed by atoms with Crippen LogP contribution in [0, 0.1) is 34.8 Å². The Hall–Kier alpha value is -6.80. The molecule has 0 bridgehead atoms. The maximum absolute atomic E-state index is 10.7. The van der Waals surface area contributed by atoms with Crippen molar-refractivity contribution in [3.63, 3.8) is 0 Å². The first-order valence-corrected chi connectivity index (χ1v) is 16.0. The van der Waals surface area contributed by atoms with Gasteiger partial charge < -0.3 is 9.13 Å². The maximum Gasteiger partial charge on any atom is 0.101 e. The van der Waals surface area contributed by atoms with Gasteiger partial charge in [0.2, 0.25) is 0 Å². The van der Waals surface area contributed by atoms with Crippen LogP contribution in [0.25, 0.3) is 72.4 Å². The minimum atomic E-state index is 0.567. The normalized spacial score (nSPS) is 12.1. The quantitative estimate of drug-likeness (QED) is 0.199. The van der Waals surface area contributed by atoms with Gasteiger partial charge in [0.25, 0.3) is 0 Å². The standard InChI is InChI=1S/C44H26N4/c45-27-29-24-25-42-38(26-29)35-17-6-9-23-41(35)47(42)43-31(28-46)14-10-19-36(43)37-20-11-18-32(30-12-2-1-3-13-30)44(37)48-39-21-7-4-15-33(39)34-16-5-8-22-40(34)48/h1-2,4-7,9-12,14-21,23-26H,8,22H2. The van der Waals surface area contributed by atoms with Gasteiger partial charge in [-0.05, 0) is 61.4 Å². The lowest BCUT2D eigenvalue weighted by Crippen LogP contribution is -2.08. The van der Waals surface area contributed by atoms with Gasteiger partial charge in [-0.3, -0.25) is 0 Å². The Morgan fingerprint density at radius 2 is 1.33 bits per heavy atom. The van der Waals surface area contributed by atoms with E-state index in [1.54, 1.807) is 0 Å². The fourth-order valence-electron chi connectivity index (χ4n) is 7.53. The number of benzene rings is 5. The lowest BCUT2D eigenvalue weighted by Gasteiger charge is -2.23. The first-order valence-electron chi connectivity index (χ1n) is 16.0. The molecule has 6 aromatic carbocycles. The average molecular weight is 611 g/mol. The van der Waals surface area contributed by atoms with Crippen LogP contribution < -0.4 is 0 Å². The highest BCUT2D eigenvalue weighted by Crippen LogP contribution is 2.45. The van der Waals surface area contributed by atoms with Crippen LogP contribution in [0.2, 0.25) is 0 Å². The van der Waals surface area contributed by atoms with Gasteiger partial charge in [0, 0.05) is 49.7 Å². The largest absolute Gasteiger partial charge is 0.312 e. The number of rotatable bonds is 4. The molecule has 0 aliphatic heterocycles. The van der Waals surface area contributed by atoms with E-state index < -0.39 is 0 Å². The lowest BCUT2D eigenvalue weighted by molar-refractivity contribution is 0.890. The number of hydrogen-bond donors (Lipinski definition) is 0. The molecule has 4 heteroatoms. The third kappa shape index (κ3) is 4.03. The van der Waals surface area contributed by atoms with Crippen LogP contribution in [0.1, 0.15) is 28.8 Å². The molecule has 0 amide bonds. The molecule has 4 nitrogen and oxygen atoms in total. The first-order chi connectivity index (χ1) is 23.8. The second kappa shape index (κ2) is 10.9. The van der Waals surface area contributed by atoms with Crippen LogP contribution in [0.5, 0.6) is 0 Å². The highest BCUT2D eigenvalue weighted by atomic mass is 15.0. The molecule has 0 spiro atoms. The van der Waals surface area contributed by atoms with E-state index in [0.29, 0.717) is 11.1 Å². The molecule has 0 unspecified atom stereocenters. The molecule has 0 saturated heterocycles. The molecular formula is C44H26N4. The minimum Gasteiger partial charge on any atom is -0.312 e. The second-order valence-corrected chi connectivity index (χ2v) is 12.1. The molecule has 2 aromatic heterocycles. The van der Waals surface area contributed by atoms with Crippen LogP contribution >= 0.6 is 0 Å². The van der Waals surface area contributed by atoms with Crippen molar-refractivity contribution in [1.29, 1.82) is 10.5 Å². The molecule has 1 aliphatic rings. The second-order valence-electron chi connectivity index (χ2n) is 12.1. The van der Waals surface area contributed by atoms with E-state index in [0.717, 1.165) is 73.8 Å². The van der Waals surface area contributed by atoms with Crippen LogP contribution in [0.15, 0.2) is 127 Å². The van der Waals surface area contributed by atoms with Crippen LogP contribution in [0.4, 0.5) is 0 Å². The molecule has 222 valence electrons. The number of nitriles is 2. The molecular weight excluding hydrogens is 585 g/mol. The van der Waals surface area contributed by atoms with E-state index in [2.05, 4.69) is 112 Å². The third-order valence-electron chi connectivity index (χ3n) is 9.52. The van der Waals surface area contributed by atoms with E-state index >= 15 is 0 Å². The van der Waals surface area contributed by atoms with Crippen molar-refractivity contribution in [2.75, 3.05) is 0 Å². The van der Waals surface area contributed by atoms with Gasteiger partial charge in [0.05, 0.1) is 45.1 Å². The van der Waals surface area contributed by atoms with Crippen molar-refractivity contribution in [3.05, 3.63) is 162 Å². The van der Waals surface area contributed by atoms with E-state index in [1.807, 2.05) is 54.6 Å². The Morgan fingerprint density at radius 1 is 0.604 bits per heavy atom. The van der Waals surface area contributed by atoms with Gasteiger partial charge in [-0.1, -0.05) is 97.1 Å². The van der Waals surface area contributed by atoms with Gasteiger partial charge in [0.1, 0.15) is 6.07 Å². The van der Waals surface area contributed by atoms with Gasteiger partial charge in [-0.15, -0.1) is 0 Å². The van der Waals surface area contributed by atoms with E-state index in [4.69, 9.17) is 0 Å². The van der Waals surface area contributed by atoms with Crippen molar-refractivity contribution >= 4 is 38.8 Å². The summed E-state index contributed by atoms with van der Waals surface area (Å²) in [5, 5.41) is 23.7. The van der Waals surface area contributed by atoms with Crippen molar-refractivity contribution in [3.8, 4) is 45.8 Å². The van der Waals surface area contributed by atoms with Gasteiger partial charge in [-0.25, -0.2) is 0 Å². The fourth-order valence-corrected chi connectivity index (χ4v) is 7.53.